The molecule has 6 heteroatoms. The SMILES string of the molecule is CCCCCN1C(=O)C(=O)/C(=C(/O)c2cc(C(C)(C)C)ccc2OC)C1c1ccc(Cl)cc1. The zero-order chi connectivity index (χ0) is 24.3. The maximum absolute atomic E-state index is 13.2. The number of likely N-dealkylation sites (tertiary alicyclic amines) is 1. The van der Waals surface area contributed by atoms with Gasteiger partial charge < -0.3 is 14.7 Å². The summed E-state index contributed by atoms with van der Waals surface area (Å²) < 4.78 is 5.50. The summed E-state index contributed by atoms with van der Waals surface area (Å²) in [5.41, 5.74) is 2.00. The zero-order valence-electron chi connectivity index (χ0n) is 19.9. The number of aliphatic hydroxyl groups is 1. The van der Waals surface area contributed by atoms with Gasteiger partial charge in [0.25, 0.3) is 11.7 Å². The van der Waals surface area contributed by atoms with Gasteiger partial charge in [-0.3, -0.25) is 9.59 Å². The predicted octanol–water partition coefficient (Wildman–Crippen LogP) is 6.26. The lowest BCUT2D eigenvalue weighted by atomic mass is 9.85. The third-order valence-corrected chi connectivity index (χ3v) is 6.30. The van der Waals surface area contributed by atoms with Crippen LogP contribution in [0.15, 0.2) is 48.0 Å². The number of Topliss-reactive ketones (excluding diaryl/α,β-unsaturated/α-hetero) is 1. The molecule has 1 unspecified atom stereocenters. The highest BCUT2D eigenvalue weighted by Gasteiger charge is 2.46. The molecule has 1 fully saturated rings. The Morgan fingerprint density at radius 3 is 2.33 bits per heavy atom. The number of ether oxygens (including phenoxy) is 1. The van der Waals surface area contributed by atoms with Crippen molar-refractivity contribution >= 4 is 29.1 Å². The van der Waals surface area contributed by atoms with E-state index in [2.05, 4.69) is 27.7 Å². The highest BCUT2D eigenvalue weighted by Crippen LogP contribution is 2.42. The molecule has 0 radical (unpaired) electrons. The molecule has 5 nitrogen and oxygen atoms in total. The van der Waals surface area contributed by atoms with Crippen LogP contribution < -0.4 is 4.74 Å². The summed E-state index contributed by atoms with van der Waals surface area (Å²) in [5.74, 6) is -1.08. The summed E-state index contributed by atoms with van der Waals surface area (Å²) >= 11 is 6.08. The van der Waals surface area contributed by atoms with E-state index in [1.165, 1.54) is 7.11 Å². The number of nitrogens with zero attached hydrogens (tertiary/aromatic N) is 1. The van der Waals surface area contributed by atoms with Crippen molar-refractivity contribution in [1.29, 1.82) is 0 Å². The van der Waals surface area contributed by atoms with E-state index >= 15 is 0 Å². The van der Waals surface area contributed by atoms with Crippen LogP contribution in [0.25, 0.3) is 5.76 Å². The van der Waals surface area contributed by atoms with Gasteiger partial charge >= 0.3 is 0 Å². The van der Waals surface area contributed by atoms with Gasteiger partial charge in [-0.25, -0.2) is 0 Å². The number of hydrogen-bond donors (Lipinski definition) is 1. The van der Waals surface area contributed by atoms with E-state index in [-0.39, 0.29) is 16.7 Å². The smallest absolute Gasteiger partial charge is 0.295 e. The predicted molar refractivity (Wildman–Crippen MR) is 132 cm³/mol. The lowest BCUT2D eigenvalue weighted by Gasteiger charge is -2.26. The van der Waals surface area contributed by atoms with Gasteiger partial charge in [0.05, 0.1) is 24.3 Å². The molecule has 3 rings (SSSR count). The van der Waals surface area contributed by atoms with E-state index in [4.69, 9.17) is 16.3 Å². The Morgan fingerprint density at radius 1 is 1.09 bits per heavy atom. The Hall–Kier alpha value is -2.79. The number of unbranched alkanes of at least 4 members (excludes halogenated alkanes) is 2. The first-order valence-electron chi connectivity index (χ1n) is 11.3. The monoisotopic (exact) mass is 469 g/mol. The number of methoxy groups -OCH3 is 1. The molecule has 0 saturated carbocycles. The van der Waals surface area contributed by atoms with Gasteiger partial charge in [-0.15, -0.1) is 0 Å². The van der Waals surface area contributed by atoms with Crippen molar-refractivity contribution in [3.63, 3.8) is 0 Å². The van der Waals surface area contributed by atoms with Gasteiger partial charge in [0.2, 0.25) is 0 Å². The second-order valence-corrected chi connectivity index (χ2v) is 9.85. The molecule has 176 valence electrons. The standard InChI is InChI=1S/C27H32ClNO4/c1-6-7-8-15-29-23(17-9-12-19(28)13-10-17)22(25(31)26(29)32)24(30)20-16-18(27(2,3)4)11-14-21(20)33-5/h9-14,16,23,30H,6-8,15H2,1-5H3/b24-22+. The van der Waals surface area contributed by atoms with E-state index in [0.29, 0.717) is 22.9 Å². The van der Waals surface area contributed by atoms with Crippen LogP contribution in [-0.2, 0) is 15.0 Å². The molecule has 0 bridgehead atoms. The Labute approximate surface area is 201 Å². The van der Waals surface area contributed by atoms with Gasteiger partial charge in [-0.2, -0.15) is 0 Å². The fraction of sp³-hybridized carbons (Fsp3) is 0.407. The minimum atomic E-state index is -0.692. The topological polar surface area (TPSA) is 66.8 Å². The summed E-state index contributed by atoms with van der Waals surface area (Å²) in [4.78, 5) is 27.8. The van der Waals surface area contributed by atoms with E-state index in [1.54, 1.807) is 35.2 Å². The number of halogens is 1. The third kappa shape index (κ3) is 5.09. The summed E-state index contributed by atoms with van der Waals surface area (Å²) in [6, 6.07) is 11.9. The van der Waals surface area contributed by atoms with Crippen molar-refractivity contribution in [2.45, 2.75) is 58.4 Å². The largest absolute Gasteiger partial charge is 0.507 e. The number of amides is 1. The number of benzene rings is 2. The molecule has 2 aromatic carbocycles. The maximum atomic E-state index is 13.2. The number of rotatable bonds is 7. The highest BCUT2D eigenvalue weighted by molar-refractivity contribution is 6.46. The zero-order valence-corrected chi connectivity index (χ0v) is 20.7. The molecule has 1 heterocycles. The van der Waals surface area contributed by atoms with Crippen LogP contribution in [0.2, 0.25) is 5.02 Å². The number of ketones is 1. The van der Waals surface area contributed by atoms with Crippen molar-refractivity contribution < 1.29 is 19.4 Å². The number of aliphatic hydroxyl groups excluding tert-OH is 1. The molecule has 1 aliphatic rings. The number of carbonyl (C=O) groups is 2. The Morgan fingerprint density at radius 2 is 1.76 bits per heavy atom. The van der Waals surface area contributed by atoms with Crippen molar-refractivity contribution in [2.24, 2.45) is 0 Å². The lowest BCUT2D eigenvalue weighted by Crippen LogP contribution is -2.30. The molecule has 1 amide bonds. The van der Waals surface area contributed by atoms with Gasteiger partial charge in [-0.1, -0.05) is 70.3 Å². The Balaban J connectivity index is 2.21. The fourth-order valence-corrected chi connectivity index (χ4v) is 4.27. The highest BCUT2D eigenvalue weighted by atomic mass is 35.5. The molecule has 0 aliphatic carbocycles. The molecule has 1 N–H and O–H groups in total. The fourth-order valence-electron chi connectivity index (χ4n) is 4.14. The van der Waals surface area contributed by atoms with E-state index in [9.17, 15) is 14.7 Å². The number of carbonyl (C=O) groups excluding carboxylic acids is 2. The van der Waals surface area contributed by atoms with Crippen molar-refractivity contribution in [3.05, 3.63) is 69.8 Å². The molecule has 1 atom stereocenters. The summed E-state index contributed by atoms with van der Waals surface area (Å²) in [5, 5.41) is 12.0. The second kappa shape index (κ2) is 10.0. The van der Waals surface area contributed by atoms with E-state index in [0.717, 1.165) is 30.4 Å². The van der Waals surface area contributed by atoms with Crippen molar-refractivity contribution in [3.8, 4) is 5.75 Å². The first-order valence-corrected chi connectivity index (χ1v) is 11.7. The normalized spacial score (nSPS) is 18.1. The van der Waals surface area contributed by atoms with Gasteiger partial charge in [-0.05, 0) is 47.2 Å². The summed E-state index contributed by atoms with van der Waals surface area (Å²) in [6.07, 6.45) is 2.71. The molecule has 1 aliphatic heterocycles. The molecule has 1 saturated heterocycles. The van der Waals surface area contributed by atoms with Gasteiger partial charge in [0, 0.05) is 11.6 Å². The van der Waals surface area contributed by atoms with Crippen LogP contribution in [0.3, 0.4) is 0 Å². The van der Waals surface area contributed by atoms with Crippen LogP contribution in [0.1, 0.15) is 69.7 Å². The minimum Gasteiger partial charge on any atom is -0.507 e. The minimum absolute atomic E-state index is 0.0724. The lowest BCUT2D eigenvalue weighted by molar-refractivity contribution is -0.139. The van der Waals surface area contributed by atoms with Crippen LogP contribution in [0, 0.1) is 0 Å². The Kier molecular flexibility index (Phi) is 7.53. The quantitative estimate of drug-likeness (QED) is 0.225. The summed E-state index contributed by atoms with van der Waals surface area (Å²) in [6.45, 7) is 8.72. The average molecular weight is 470 g/mol. The number of hydrogen-bond acceptors (Lipinski definition) is 4. The maximum Gasteiger partial charge on any atom is 0.295 e. The first-order chi connectivity index (χ1) is 15.6. The molecule has 0 aromatic heterocycles. The van der Waals surface area contributed by atoms with E-state index in [1.807, 2.05) is 12.1 Å². The molecular formula is C27H32ClNO4. The van der Waals surface area contributed by atoms with E-state index < -0.39 is 17.7 Å². The van der Waals surface area contributed by atoms with Gasteiger partial charge in [0.15, 0.2) is 0 Å². The van der Waals surface area contributed by atoms with Crippen LogP contribution in [0.4, 0.5) is 0 Å². The molecular weight excluding hydrogens is 438 g/mol. The van der Waals surface area contributed by atoms with Gasteiger partial charge in [0.1, 0.15) is 11.5 Å². The first kappa shape index (κ1) is 24.8. The van der Waals surface area contributed by atoms with Crippen LogP contribution in [-0.4, -0.2) is 35.4 Å². The third-order valence-electron chi connectivity index (χ3n) is 6.05. The van der Waals surface area contributed by atoms with Crippen molar-refractivity contribution in [1.82, 2.24) is 4.90 Å². The van der Waals surface area contributed by atoms with Crippen LogP contribution >= 0.6 is 11.6 Å². The Bertz CT molecular complexity index is 1070. The van der Waals surface area contributed by atoms with Crippen molar-refractivity contribution in [2.75, 3.05) is 13.7 Å². The second-order valence-electron chi connectivity index (χ2n) is 9.42. The average Bonchev–Trinajstić information content (AvgIpc) is 3.03. The molecule has 33 heavy (non-hydrogen) atoms. The molecule has 2 aromatic rings. The summed E-state index contributed by atoms with van der Waals surface area (Å²) in [7, 11) is 1.52. The molecule has 0 spiro atoms. The van der Waals surface area contributed by atoms with Crippen LogP contribution in [0.5, 0.6) is 5.75 Å².